The molecular formula is C34H34Cl2FN3O5. The molecule has 5 atom stereocenters. The molecule has 1 spiro atoms. The standard InChI is InChI=1S/C34H34Cl2FN3O5/c1-17-39(24-13-10-18(31(42)45-6)14-25(24)44-5)30(41)29-27(20-8-7-9-22(36)28(20)37)34(26(40(17)29)16-33(2,3)4)21-12-11-19(35)15-23(21)38-32(34)43/h7-15,17,26-27,29H,16H2,1-6H3,(H,38,43)/t17-,26+,27+,29-,34?/m1/s1. The molecular weight excluding hydrogens is 620 g/mol. The summed E-state index contributed by atoms with van der Waals surface area (Å²) >= 11 is 12.7. The molecule has 0 radical (unpaired) electrons. The molecule has 6 rings (SSSR count). The fourth-order valence-corrected chi connectivity index (χ4v) is 8.07. The van der Waals surface area contributed by atoms with E-state index in [4.69, 9.17) is 32.7 Å². The van der Waals surface area contributed by atoms with Gasteiger partial charge in [0.1, 0.15) is 23.0 Å². The Kier molecular flexibility index (Phi) is 7.66. The van der Waals surface area contributed by atoms with Crippen LogP contribution in [0.3, 0.4) is 0 Å². The number of hydrogen-bond acceptors (Lipinski definition) is 6. The van der Waals surface area contributed by atoms with E-state index in [1.165, 1.54) is 26.4 Å². The first-order valence-electron chi connectivity index (χ1n) is 14.7. The molecule has 3 aliphatic heterocycles. The Morgan fingerprint density at radius 2 is 1.80 bits per heavy atom. The van der Waals surface area contributed by atoms with Crippen molar-refractivity contribution in [3.63, 3.8) is 0 Å². The minimum atomic E-state index is -1.35. The highest BCUT2D eigenvalue weighted by molar-refractivity contribution is 6.31. The Morgan fingerprint density at radius 1 is 1.07 bits per heavy atom. The third kappa shape index (κ3) is 4.62. The van der Waals surface area contributed by atoms with Gasteiger partial charge >= 0.3 is 5.97 Å². The summed E-state index contributed by atoms with van der Waals surface area (Å²) < 4.78 is 26.7. The van der Waals surface area contributed by atoms with Crippen LogP contribution in [0, 0.1) is 11.2 Å². The minimum Gasteiger partial charge on any atom is -0.495 e. The maximum atomic E-state index is 16.2. The van der Waals surface area contributed by atoms with E-state index in [-0.39, 0.29) is 33.4 Å². The van der Waals surface area contributed by atoms with Crippen molar-refractivity contribution in [1.29, 1.82) is 0 Å². The van der Waals surface area contributed by atoms with Gasteiger partial charge < -0.3 is 14.8 Å². The molecule has 3 aliphatic rings. The van der Waals surface area contributed by atoms with Gasteiger partial charge in [-0.25, -0.2) is 9.18 Å². The van der Waals surface area contributed by atoms with E-state index in [0.717, 1.165) is 0 Å². The molecule has 8 nitrogen and oxygen atoms in total. The smallest absolute Gasteiger partial charge is 0.337 e. The summed E-state index contributed by atoms with van der Waals surface area (Å²) in [5.41, 5.74) is 0.442. The van der Waals surface area contributed by atoms with Crippen LogP contribution in [-0.4, -0.2) is 55.2 Å². The third-order valence-electron chi connectivity index (χ3n) is 9.34. The van der Waals surface area contributed by atoms with Gasteiger partial charge in [0.2, 0.25) is 11.8 Å². The zero-order valence-corrected chi connectivity index (χ0v) is 27.3. The highest BCUT2D eigenvalue weighted by Gasteiger charge is 2.72. The van der Waals surface area contributed by atoms with Gasteiger partial charge in [-0.05, 0) is 66.3 Å². The predicted molar refractivity (Wildman–Crippen MR) is 171 cm³/mol. The number of carbonyl (C=O) groups is 3. The van der Waals surface area contributed by atoms with Crippen LogP contribution in [0.1, 0.15) is 61.5 Å². The van der Waals surface area contributed by atoms with Crippen molar-refractivity contribution in [2.45, 2.75) is 63.7 Å². The van der Waals surface area contributed by atoms with Gasteiger partial charge in [-0.3, -0.25) is 19.4 Å². The van der Waals surface area contributed by atoms with Crippen molar-refractivity contribution >= 4 is 52.4 Å². The number of nitrogens with one attached hydrogen (secondary N) is 1. The second kappa shape index (κ2) is 11.0. The van der Waals surface area contributed by atoms with Gasteiger partial charge in [0.25, 0.3) is 0 Å². The molecule has 2 saturated heterocycles. The van der Waals surface area contributed by atoms with Crippen LogP contribution in [0.2, 0.25) is 10.0 Å². The summed E-state index contributed by atoms with van der Waals surface area (Å²) in [4.78, 5) is 45.4. The number of esters is 1. The molecule has 0 bridgehead atoms. The first-order valence-corrected chi connectivity index (χ1v) is 15.4. The Hall–Kier alpha value is -3.66. The van der Waals surface area contributed by atoms with Crippen molar-refractivity contribution < 1.29 is 28.2 Å². The summed E-state index contributed by atoms with van der Waals surface area (Å²) in [7, 11) is 2.74. The molecule has 11 heteroatoms. The number of anilines is 2. The Labute approximate surface area is 271 Å². The van der Waals surface area contributed by atoms with Crippen LogP contribution in [0.15, 0.2) is 54.6 Å². The van der Waals surface area contributed by atoms with E-state index >= 15 is 4.39 Å². The van der Waals surface area contributed by atoms with E-state index in [1.807, 2.05) is 13.0 Å². The summed E-state index contributed by atoms with van der Waals surface area (Å²) in [6, 6.07) is 13.2. The Morgan fingerprint density at radius 3 is 2.47 bits per heavy atom. The molecule has 3 heterocycles. The van der Waals surface area contributed by atoms with E-state index < -0.39 is 41.4 Å². The molecule has 0 saturated carbocycles. The Bertz CT molecular complexity index is 1740. The quantitative estimate of drug-likeness (QED) is 0.305. The maximum absolute atomic E-state index is 16.2. The number of carbonyl (C=O) groups excluding carboxylic acids is 3. The zero-order chi connectivity index (χ0) is 32.6. The van der Waals surface area contributed by atoms with Gasteiger partial charge in [-0.15, -0.1) is 0 Å². The molecule has 1 N–H and O–H groups in total. The second-order valence-corrected chi connectivity index (χ2v) is 13.9. The highest BCUT2D eigenvalue weighted by Crippen LogP contribution is 2.63. The van der Waals surface area contributed by atoms with E-state index in [9.17, 15) is 14.4 Å². The lowest BCUT2D eigenvalue weighted by atomic mass is 9.62. The van der Waals surface area contributed by atoms with Crippen molar-refractivity contribution in [3.8, 4) is 5.75 Å². The normalized spacial score (nSPS) is 25.8. The van der Waals surface area contributed by atoms with Gasteiger partial charge in [0.05, 0.1) is 36.7 Å². The fourth-order valence-electron chi connectivity index (χ4n) is 7.71. The number of amides is 2. The molecule has 3 aromatic carbocycles. The van der Waals surface area contributed by atoms with Crippen LogP contribution in [-0.2, 0) is 19.7 Å². The SMILES string of the molecule is COC(=O)c1ccc(N2C(=O)[C@H]3[C@H](c4cccc(Cl)c4F)C4(C(=O)Nc5cc(Cl)ccc54)[C@H](CC(C)(C)C)N3[C@@H]2C)c(OC)c1. The lowest BCUT2D eigenvalue weighted by Crippen LogP contribution is -2.54. The number of halogens is 3. The summed E-state index contributed by atoms with van der Waals surface area (Å²) in [6.45, 7) is 8.12. The van der Waals surface area contributed by atoms with Crippen molar-refractivity contribution in [2.24, 2.45) is 5.41 Å². The number of fused-ring (bicyclic) bond motifs is 3. The van der Waals surface area contributed by atoms with Crippen LogP contribution in [0.4, 0.5) is 15.8 Å². The monoisotopic (exact) mass is 653 g/mol. The average molecular weight is 655 g/mol. The molecule has 0 aliphatic carbocycles. The number of nitrogens with zero attached hydrogens (tertiary/aromatic N) is 2. The van der Waals surface area contributed by atoms with Gasteiger partial charge in [-0.2, -0.15) is 0 Å². The highest BCUT2D eigenvalue weighted by atomic mass is 35.5. The minimum absolute atomic E-state index is 0.0985. The number of rotatable bonds is 5. The molecule has 45 heavy (non-hydrogen) atoms. The molecule has 2 amide bonds. The van der Waals surface area contributed by atoms with Crippen LogP contribution in [0.5, 0.6) is 5.75 Å². The molecule has 236 valence electrons. The van der Waals surface area contributed by atoms with E-state index in [1.54, 1.807) is 41.3 Å². The molecule has 0 aromatic heterocycles. The molecule has 3 aromatic rings. The summed E-state index contributed by atoms with van der Waals surface area (Å²) in [5, 5.41) is 3.38. The van der Waals surface area contributed by atoms with Crippen molar-refractivity contribution in [3.05, 3.63) is 87.2 Å². The maximum Gasteiger partial charge on any atom is 0.337 e. The van der Waals surface area contributed by atoms with Gasteiger partial charge in [-0.1, -0.05) is 62.2 Å². The number of ether oxygens (including phenoxy) is 2. The second-order valence-electron chi connectivity index (χ2n) is 13.0. The summed E-state index contributed by atoms with van der Waals surface area (Å²) in [6.07, 6.45) is -0.0809. The topological polar surface area (TPSA) is 88.2 Å². The van der Waals surface area contributed by atoms with Gasteiger partial charge in [0.15, 0.2) is 0 Å². The van der Waals surface area contributed by atoms with Crippen LogP contribution in [0.25, 0.3) is 0 Å². The van der Waals surface area contributed by atoms with E-state index in [2.05, 4.69) is 31.0 Å². The van der Waals surface area contributed by atoms with Gasteiger partial charge in [0, 0.05) is 22.7 Å². The predicted octanol–water partition coefficient (Wildman–Crippen LogP) is 6.78. The zero-order valence-electron chi connectivity index (χ0n) is 25.8. The van der Waals surface area contributed by atoms with Crippen LogP contribution < -0.4 is 15.0 Å². The molecule has 2 fully saturated rings. The lowest BCUT2D eigenvalue weighted by Gasteiger charge is -2.42. The third-order valence-corrected chi connectivity index (χ3v) is 9.87. The number of benzene rings is 3. The van der Waals surface area contributed by atoms with Crippen molar-refractivity contribution in [1.82, 2.24) is 4.90 Å². The lowest BCUT2D eigenvalue weighted by molar-refractivity contribution is -0.122. The largest absolute Gasteiger partial charge is 0.495 e. The summed E-state index contributed by atoms with van der Waals surface area (Å²) in [5.74, 6) is -2.52. The number of methoxy groups -OCH3 is 2. The average Bonchev–Trinajstić information content (AvgIpc) is 3.54. The Balaban J connectivity index is 1.62. The first kappa shape index (κ1) is 31.3. The first-order chi connectivity index (χ1) is 21.3. The van der Waals surface area contributed by atoms with E-state index in [0.29, 0.717) is 34.1 Å². The fraction of sp³-hybridized carbons (Fsp3) is 0.382. The van der Waals surface area contributed by atoms with Crippen LogP contribution >= 0.6 is 23.2 Å². The van der Waals surface area contributed by atoms with Crippen molar-refractivity contribution in [2.75, 3.05) is 24.4 Å². The molecule has 1 unspecified atom stereocenters. The number of hydrogen-bond donors (Lipinski definition) is 1.